The molecule has 1 saturated carbocycles. The van der Waals surface area contributed by atoms with Crippen LogP contribution in [-0.2, 0) is 25.7 Å². The molecule has 2 aromatic carbocycles. The van der Waals surface area contributed by atoms with Gasteiger partial charge in [0.25, 0.3) is 17.4 Å². The number of carbonyl (C=O) groups is 4. The minimum atomic E-state index is -0.824. The van der Waals surface area contributed by atoms with E-state index in [4.69, 9.17) is 26.1 Å². The second kappa shape index (κ2) is 18.3. The molecule has 0 bridgehead atoms. The van der Waals surface area contributed by atoms with E-state index in [1.807, 2.05) is 32.0 Å². The molecular weight excluding hydrogens is 861 g/mol. The molecule has 5 aliphatic rings. The molecule has 0 unspecified atom stereocenters. The van der Waals surface area contributed by atoms with Crippen molar-refractivity contribution in [3.63, 3.8) is 0 Å². The highest BCUT2D eigenvalue weighted by Gasteiger charge is 2.44. The third kappa shape index (κ3) is 8.88. The lowest BCUT2D eigenvalue weighted by molar-refractivity contribution is -0.137. The number of carbonyl (C=O) groups excluding carboxylic acids is 4. The number of benzene rings is 2. The Kier molecular flexibility index (Phi) is 12.5. The maximum atomic E-state index is 16.1. The molecule has 4 N–H and O–H groups in total. The van der Waals surface area contributed by atoms with Gasteiger partial charge in [-0.25, -0.2) is 9.37 Å². The lowest BCUT2D eigenvalue weighted by atomic mass is 9.81. The fourth-order valence-corrected chi connectivity index (χ4v) is 10.1. The van der Waals surface area contributed by atoms with Gasteiger partial charge in [0.05, 0.1) is 36.6 Å². The van der Waals surface area contributed by atoms with E-state index in [0.717, 1.165) is 31.1 Å². The van der Waals surface area contributed by atoms with Crippen LogP contribution >= 0.6 is 11.6 Å². The average molecular weight is 914 g/mol. The van der Waals surface area contributed by atoms with Gasteiger partial charge in [0, 0.05) is 73.3 Å². The minimum absolute atomic E-state index is 0.0493. The van der Waals surface area contributed by atoms with Crippen LogP contribution in [0.1, 0.15) is 92.2 Å². The molecule has 6 heterocycles. The number of halogens is 2. The number of aromatic nitrogens is 3. The second-order valence-corrected chi connectivity index (χ2v) is 18.3. The van der Waals surface area contributed by atoms with Crippen molar-refractivity contribution in [3.05, 3.63) is 80.5 Å². The number of nitrogens with zero attached hydrogens (tertiary/aromatic N) is 6. The number of imide groups is 1. The van der Waals surface area contributed by atoms with E-state index in [1.165, 1.54) is 11.9 Å². The van der Waals surface area contributed by atoms with E-state index >= 15 is 4.39 Å². The third-order valence-electron chi connectivity index (χ3n) is 13.5. The first-order chi connectivity index (χ1) is 31.3. The summed E-state index contributed by atoms with van der Waals surface area (Å²) in [6.45, 7) is 6.00. The maximum absolute atomic E-state index is 16.1. The van der Waals surface area contributed by atoms with Gasteiger partial charge in [0.1, 0.15) is 16.9 Å². The maximum Gasteiger partial charge on any atom is 0.293 e. The smallest absolute Gasteiger partial charge is 0.293 e. The molecule has 9 rings (SSSR count). The van der Waals surface area contributed by atoms with Crippen molar-refractivity contribution < 1.29 is 38.1 Å². The number of nitrogens with one attached hydrogen (secondary N) is 3. The first kappa shape index (κ1) is 44.5. The van der Waals surface area contributed by atoms with E-state index in [-0.39, 0.29) is 84.5 Å². The van der Waals surface area contributed by atoms with Crippen LogP contribution in [0, 0.1) is 5.82 Å². The van der Waals surface area contributed by atoms with Crippen molar-refractivity contribution in [2.75, 3.05) is 50.1 Å². The molecule has 4 aliphatic heterocycles. The number of piperidine rings is 3. The van der Waals surface area contributed by atoms with Gasteiger partial charge in [0.2, 0.25) is 17.8 Å². The molecule has 3 atom stereocenters. The molecule has 65 heavy (non-hydrogen) atoms. The molecule has 4 amide bonds. The molecule has 0 spiro atoms. The summed E-state index contributed by atoms with van der Waals surface area (Å²) in [5, 5.41) is 20.5. The molecular formula is C46H53ClFN9O8. The van der Waals surface area contributed by atoms with E-state index < -0.39 is 35.7 Å². The quantitative estimate of drug-likeness (QED) is 0.148. The van der Waals surface area contributed by atoms with Gasteiger partial charge in [-0.15, -0.1) is 0 Å². The molecule has 4 fully saturated rings. The number of hydrogen-bond donors (Lipinski definition) is 4. The van der Waals surface area contributed by atoms with Crippen LogP contribution in [0.2, 0.25) is 5.02 Å². The summed E-state index contributed by atoms with van der Waals surface area (Å²) in [5.41, 5.74) is 1.93. The van der Waals surface area contributed by atoms with Crippen LogP contribution in [0.3, 0.4) is 0 Å². The minimum Gasteiger partial charge on any atom is -0.478 e. The fraction of sp³-hybridized carbons (Fsp3) is 0.500. The first-order valence-corrected chi connectivity index (χ1v) is 22.7. The Bertz CT molecular complexity index is 2600. The van der Waals surface area contributed by atoms with Crippen LogP contribution in [0.5, 0.6) is 5.75 Å². The summed E-state index contributed by atoms with van der Waals surface area (Å²) < 4.78 is 29.9. The zero-order valence-corrected chi connectivity index (χ0v) is 37.3. The van der Waals surface area contributed by atoms with Crippen molar-refractivity contribution in [1.29, 1.82) is 0 Å². The second-order valence-electron chi connectivity index (χ2n) is 17.9. The van der Waals surface area contributed by atoms with Gasteiger partial charge in [-0.05, 0) is 94.8 Å². The average Bonchev–Trinajstić information content (AvgIpc) is 3.61. The number of aliphatic hydroxyl groups is 1. The number of fused-ring (bicyclic) bond motifs is 2. The van der Waals surface area contributed by atoms with E-state index in [9.17, 15) is 29.1 Å². The Labute approximate surface area is 379 Å². The van der Waals surface area contributed by atoms with Crippen LogP contribution in [0.25, 0.3) is 10.9 Å². The highest BCUT2D eigenvalue weighted by atomic mass is 35.5. The summed E-state index contributed by atoms with van der Waals surface area (Å²) in [6.07, 6.45) is 5.19. The number of rotatable bonds is 12. The number of ether oxygens (including phenoxy) is 2. The standard InChI is InChI=1S/C46H53ClFN9O8/c1-24(2)57-35-7-4-26(16-25(35)17-38(45(57)63)64-23-40(60)49-3)51-42-34(47)20-50-46(53-42)54-13-10-28(11-14-54)65-29-18-27(19-29)55-15-12-30(37(58)22-55)31-5-6-32-33(41(31)48)21-56(44(32)62)36-8-9-39(59)52-43(36)61/h4-7,16-17,20,24,27-30,36-37,58H,8-15,18-19,21-23H2,1-3H3,(H,49,60)(H,50,51,53)(H,52,59,61)/t27?,29?,30-,36-,37-/m1/s1. The summed E-state index contributed by atoms with van der Waals surface area (Å²) in [4.78, 5) is 77.4. The highest BCUT2D eigenvalue weighted by Crippen LogP contribution is 2.40. The summed E-state index contributed by atoms with van der Waals surface area (Å²) >= 11 is 6.59. The molecule has 2 aromatic heterocycles. The van der Waals surface area contributed by atoms with Crippen molar-refractivity contribution in [2.24, 2.45) is 0 Å². The Morgan fingerprint density at radius 3 is 2.54 bits per heavy atom. The van der Waals surface area contributed by atoms with Crippen molar-refractivity contribution in [2.45, 2.75) is 108 Å². The summed E-state index contributed by atoms with van der Waals surface area (Å²) in [5.74, 6) is -1.57. The molecule has 3 saturated heterocycles. The van der Waals surface area contributed by atoms with Crippen LogP contribution in [0.15, 0.2) is 47.4 Å². The largest absolute Gasteiger partial charge is 0.478 e. The third-order valence-corrected chi connectivity index (χ3v) is 13.8. The number of amides is 4. The van der Waals surface area contributed by atoms with Crippen molar-refractivity contribution in [1.82, 2.24) is 35.0 Å². The molecule has 344 valence electrons. The van der Waals surface area contributed by atoms with E-state index in [0.29, 0.717) is 66.2 Å². The molecule has 4 aromatic rings. The number of pyridine rings is 1. The summed E-state index contributed by atoms with van der Waals surface area (Å²) in [7, 11) is 1.50. The molecule has 0 radical (unpaired) electrons. The topological polar surface area (TPSA) is 201 Å². The number of aliphatic hydroxyl groups excluding tert-OH is 1. The fourth-order valence-electron chi connectivity index (χ4n) is 9.93. The van der Waals surface area contributed by atoms with E-state index in [2.05, 4.69) is 30.7 Å². The van der Waals surface area contributed by atoms with Crippen LogP contribution in [0.4, 0.5) is 21.8 Å². The Balaban J connectivity index is 0.756. The van der Waals surface area contributed by atoms with Crippen molar-refractivity contribution in [3.8, 4) is 5.75 Å². The monoisotopic (exact) mass is 913 g/mol. The lowest BCUT2D eigenvalue weighted by Crippen LogP contribution is -2.55. The first-order valence-electron chi connectivity index (χ1n) is 22.4. The molecule has 17 nitrogen and oxygen atoms in total. The van der Waals surface area contributed by atoms with Gasteiger partial charge in [-0.3, -0.25) is 34.2 Å². The van der Waals surface area contributed by atoms with Crippen molar-refractivity contribution >= 4 is 63.6 Å². The lowest BCUT2D eigenvalue weighted by Gasteiger charge is -2.48. The highest BCUT2D eigenvalue weighted by molar-refractivity contribution is 6.33. The predicted octanol–water partition coefficient (Wildman–Crippen LogP) is 4.16. The number of β-amino-alcohol motifs (C(OH)–C–C–N with tert-alkyl or cyclic N) is 1. The van der Waals surface area contributed by atoms with Gasteiger partial charge < -0.3 is 39.6 Å². The number of likely N-dealkylation sites (tertiary alicyclic amines) is 1. The zero-order chi connectivity index (χ0) is 45.7. The Morgan fingerprint density at radius 1 is 1.03 bits per heavy atom. The summed E-state index contributed by atoms with van der Waals surface area (Å²) in [6, 6.07) is 9.70. The molecule has 19 heteroatoms. The molecule has 1 aliphatic carbocycles. The van der Waals surface area contributed by atoms with Gasteiger partial charge in [-0.2, -0.15) is 4.98 Å². The number of likely N-dealkylation sites (N-methyl/N-ethyl adjacent to an activating group) is 1. The predicted molar refractivity (Wildman–Crippen MR) is 239 cm³/mol. The number of hydrogen-bond acceptors (Lipinski definition) is 13. The normalized spacial score (nSPS) is 24.0. The Morgan fingerprint density at radius 2 is 1.82 bits per heavy atom. The van der Waals surface area contributed by atoms with Gasteiger partial charge in [0.15, 0.2) is 18.2 Å². The number of anilines is 3. The van der Waals surface area contributed by atoms with E-state index in [1.54, 1.807) is 29.0 Å². The SMILES string of the molecule is CNC(=O)COc1cc2cc(Nc3nc(N4CCC(OC5CC(N6CC[C@H](c7ccc8c(c7F)CN([C@@H]7CCC(=O)NC7=O)C8=O)[C@H](O)C6)C5)CC4)ncc3Cl)ccc2n(C(C)C)c1=O. The Hall–Kier alpha value is -5.69. The van der Waals surface area contributed by atoms with Gasteiger partial charge >= 0.3 is 0 Å². The van der Waals surface area contributed by atoms with Crippen LogP contribution in [-0.4, -0.2) is 123 Å². The van der Waals surface area contributed by atoms with Crippen LogP contribution < -0.4 is 31.1 Å². The zero-order valence-electron chi connectivity index (χ0n) is 36.5. The van der Waals surface area contributed by atoms with Gasteiger partial charge in [-0.1, -0.05) is 17.7 Å².